The number of likely N-dealkylation sites (tertiary alicyclic amines) is 2. The van der Waals surface area contributed by atoms with Crippen LogP contribution in [0.25, 0.3) is 0 Å². The molecule has 7 nitrogen and oxygen atoms in total. The molecule has 1 aromatic rings. The van der Waals surface area contributed by atoms with Crippen molar-refractivity contribution in [3.05, 3.63) is 29.3 Å². The number of rotatable bonds is 5. The number of nitrogens with zero attached hydrogens (tertiary/aromatic N) is 2. The van der Waals surface area contributed by atoms with Crippen molar-refractivity contribution in [1.82, 2.24) is 20.4 Å². The SMILES string of the molecule is COc1cc(CNC(=O)N2CCC(C)C2)ccc1CNC(=O)N1CCC(C)C1. The Bertz CT molecular complexity index is 709. The quantitative estimate of drug-likeness (QED) is 0.815. The first kappa shape index (κ1) is 20.3. The van der Waals surface area contributed by atoms with Crippen LogP contribution in [0.15, 0.2) is 18.2 Å². The maximum absolute atomic E-state index is 12.3. The van der Waals surface area contributed by atoms with Crippen LogP contribution >= 0.6 is 0 Å². The van der Waals surface area contributed by atoms with E-state index >= 15 is 0 Å². The lowest BCUT2D eigenvalue weighted by Gasteiger charge is -2.18. The molecule has 2 saturated heterocycles. The molecule has 154 valence electrons. The molecule has 3 rings (SSSR count). The van der Waals surface area contributed by atoms with E-state index in [9.17, 15) is 9.59 Å². The Kier molecular flexibility index (Phi) is 6.65. The lowest BCUT2D eigenvalue weighted by molar-refractivity contribution is 0.206. The van der Waals surface area contributed by atoms with Crippen molar-refractivity contribution in [3.63, 3.8) is 0 Å². The average molecular weight is 389 g/mol. The van der Waals surface area contributed by atoms with Crippen LogP contribution in [-0.2, 0) is 13.1 Å². The molecular formula is C21H32N4O3. The van der Waals surface area contributed by atoms with E-state index in [0.29, 0.717) is 24.9 Å². The Morgan fingerprint density at radius 3 is 2.07 bits per heavy atom. The molecule has 2 atom stereocenters. The predicted molar refractivity (Wildman–Crippen MR) is 108 cm³/mol. The molecular weight excluding hydrogens is 356 g/mol. The van der Waals surface area contributed by atoms with Gasteiger partial charge in [-0.1, -0.05) is 26.0 Å². The van der Waals surface area contributed by atoms with Crippen LogP contribution < -0.4 is 15.4 Å². The number of amides is 4. The highest BCUT2D eigenvalue weighted by Crippen LogP contribution is 2.21. The van der Waals surface area contributed by atoms with Crippen LogP contribution in [0.1, 0.15) is 37.8 Å². The fraction of sp³-hybridized carbons (Fsp3) is 0.619. The average Bonchev–Trinajstić information content (AvgIpc) is 3.32. The number of methoxy groups -OCH3 is 1. The van der Waals surface area contributed by atoms with Gasteiger partial charge in [0.1, 0.15) is 5.75 Å². The summed E-state index contributed by atoms with van der Waals surface area (Å²) in [5.74, 6) is 1.86. The fourth-order valence-electron chi connectivity index (χ4n) is 3.86. The van der Waals surface area contributed by atoms with Crippen LogP contribution in [0, 0.1) is 11.8 Å². The highest BCUT2D eigenvalue weighted by atomic mass is 16.5. The van der Waals surface area contributed by atoms with Crippen molar-refractivity contribution in [2.24, 2.45) is 11.8 Å². The fourth-order valence-corrected chi connectivity index (χ4v) is 3.86. The Morgan fingerprint density at radius 2 is 1.57 bits per heavy atom. The van der Waals surface area contributed by atoms with Gasteiger partial charge < -0.3 is 25.2 Å². The molecule has 2 N–H and O–H groups in total. The zero-order chi connectivity index (χ0) is 20.1. The van der Waals surface area contributed by atoms with Crippen molar-refractivity contribution in [2.45, 2.75) is 39.8 Å². The summed E-state index contributed by atoms with van der Waals surface area (Å²) < 4.78 is 5.49. The van der Waals surface area contributed by atoms with Crippen molar-refractivity contribution in [1.29, 1.82) is 0 Å². The minimum Gasteiger partial charge on any atom is -0.496 e. The summed E-state index contributed by atoms with van der Waals surface area (Å²) in [6.45, 7) is 8.49. The highest BCUT2D eigenvalue weighted by molar-refractivity contribution is 5.75. The normalized spacial score (nSPS) is 21.7. The smallest absolute Gasteiger partial charge is 0.317 e. The van der Waals surface area contributed by atoms with E-state index < -0.39 is 0 Å². The molecule has 2 aliphatic heterocycles. The molecule has 2 aliphatic rings. The minimum atomic E-state index is -0.0254. The van der Waals surface area contributed by atoms with Gasteiger partial charge in [0.2, 0.25) is 0 Å². The zero-order valence-electron chi connectivity index (χ0n) is 17.2. The molecule has 2 fully saturated rings. The summed E-state index contributed by atoms with van der Waals surface area (Å²) in [4.78, 5) is 28.2. The van der Waals surface area contributed by atoms with Crippen molar-refractivity contribution in [2.75, 3.05) is 33.3 Å². The second-order valence-electron chi connectivity index (χ2n) is 8.14. The molecule has 4 amide bonds. The van der Waals surface area contributed by atoms with E-state index in [1.807, 2.05) is 28.0 Å². The summed E-state index contributed by atoms with van der Waals surface area (Å²) >= 11 is 0. The third-order valence-electron chi connectivity index (χ3n) is 5.65. The Hall–Kier alpha value is -2.44. The number of hydrogen-bond donors (Lipinski definition) is 2. The van der Waals surface area contributed by atoms with Gasteiger partial charge in [0.15, 0.2) is 0 Å². The molecule has 28 heavy (non-hydrogen) atoms. The molecule has 0 aromatic heterocycles. The van der Waals surface area contributed by atoms with Gasteiger partial charge in [0, 0.05) is 44.8 Å². The maximum Gasteiger partial charge on any atom is 0.317 e. The van der Waals surface area contributed by atoms with Gasteiger partial charge in [-0.05, 0) is 36.3 Å². The molecule has 0 spiro atoms. The van der Waals surface area contributed by atoms with Gasteiger partial charge >= 0.3 is 12.1 Å². The molecule has 0 saturated carbocycles. The third-order valence-corrected chi connectivity index (χ3v) is 5.65. The molecule has 2 heterocycles. The largest absolute Gasteiger partial charge is 0.496 e. The number of carbonyl (C=O) groups excluding carboxylic acids is 2. The number of hydrogen-bond acceptors (Lipinski definition) is 3. The topological polar surface area (TPSA) is 73.9 Å². The van der Waals surface area contributed by atoms with Gasteiger partial charge in [-0.15, -0.1) is 0 Å². The van der Waals surface area contributed by atoms with E-state index in [0.717, 1.165) is 55.9 Å². The highest BCUT2D eigenvalue weighted by Gasteiger charge is 2.24. The molecule has 7 heteroatoms. The molecule has 0 aliphatic carbocycles. The minimum absolute atomic E-state index is 0.0144. The Morgan fingerprint density at radius 1 is 1.00 bits per heavy atom. The first-order valence-corrected chi connectivity index (χ1v) is 10.2. The molecule has 0 radical (unpaired) electrons. The van der Waals surface area contributed by atoms with E-state index in [-0.39, 0.29) is 12.1 Å². The summed E-state index contributed by atoms with van der Waals surface area (Å²) in [6.07, 6.45) is 2.13. The van der Waals surface area contributed by atoms with Crippen LogP contribution in [0.4, 0.5) is 9.59 Å². The van der Waals surface area contributed by atoms with Gasteiger partial charge in [0.05, 0.1) is 7.11 Å². The van der Waals surface area contributed by atoms with E-state index in [1.54, 1.807) is 7.11 Å². The zero-order valence-corrected chi connectivity index (χ0v) is 17.2. The standard InChI is InChI=1S/C21H32N4O3/c1-15-6-8-24(13-15)20(26)22-11-17-4-5-18(19(10-17)28-3)12-23-21(27)25-9-7-16(2)14-25/h4-5,10,15-16H,6-9,11-14H2,1-3H3,(H,22,26)(H,23,27). The van der Waals surface area contributed by atoms with Crippen LogP contribution in [0.5, 0.6) is 5.75 Å². The lowest BCUT2D eigenvalue weighted by Crippen LogP contribution is -2.38. The van der Waals surface area contributed by atoms with Crippen LogP contribution in [0.2, 0.25) is 0 Å². The summed E-state index contributed by atoms with van der Waals surface area (Å²) in [5, 5.41) is 5.96. The van der Waals surface area contributed by atoms with Crippen molar-refractivity contribution < 1.29 is 14.3 Å². The maximum atomic E-state index is 12.3. The van der Waals surface area contributed by atoms with Crippen LogP contribution in [0.3, 0.4) is 0 Å². The Balaban J connectivity index is 1.51. The van der Waals surface area contributed by atoms with Crippen molar-refractivity contribution >= 4 is 12.1 Å². The first-order chi connectivity index (χ1) is 13.5. The van der Waals surface area contributed by atoms with Gasteiger partial charge in [0.25, 0.3) is 0 Å². The molecule has 1 aromatic carbocycles. The number of benzene rings is 1. The summed E-state index contributed by atoms with van der Waals surface area (Å²) in [7, 11) is 1.62. The molecule has 2 unspecified atom stereocenters. The van der Waals surface area contributed by atoms with E-state index in [1.165, 1.54) is 0 Å². The Labute approximate surface area is 167 Å². The number of ether oxygens (including phenoxy) is 1. The van der Waals surface area contributed by atoms with Gasteiger partial charge in [-0.2, -0.15) is 0 Å². The second kappa shape index (κ2) is 9.17. The third kappa shape index (κ3) is 5.09. The van der Waals surface area contributed by atoms with Gasteiger partial charge in [-0.25, -0.2) is 9.59 Å². The number of carbonyl (C=O) groups is 2. The number of urea groups is 2. The number of nitrogens with one attached hydrogen (secondary N) is 2. The lowest BCUT2D eigenvalue weighted by atomic mass is 10.1. The molecule has 0 bridgehead atoms. The van der Waals surface area contributed by atoms with Gasteiger partial charge in [-0.3, -0.25) is 0 Å². The van der Waals surface area contributed by atoms with E-state index in [4.69, 9.17) is 4.74 Å². The second-order valence-corrected chi connectivity index (χ2v) is 8.14. The predicted octanol–water partition coefficient (Wildman–Crippen LogP) is 2.80. The summed E-state index contributed by atoms with van der Waals surface area (Å²) in [5.41, 5.74) is 1.90. The van der Waals surface area contributed by atoms with E-state index in [2.05, 4.69) is 24.5 Å². The summed E-state index contributed by atoms with van der Waals surface area (Å²) in [6, 6.07) is 5.80. The van der Waals surface area contributed by atoms with Crippen LogP contribution in [-0.4, -0.2) is 55.2 Å². The monoisotopic (exact) mass is 388 g/mol. The van der Waals surface area contributed by atoms with Crippen molar-refractivity contribution in [3.8, 4) is 5.75 Å². The first-order valence-electron chi connectivity index (χ1n) is 10.2.